The predicted molar refractivity (Wildman–Crippen MR) is 44.0 cm³/mol. The quantitative estimate of drug-likeness (QED) is 0.748. The Hall–Kier alpha value is -0.720. The summed E-state index contributed by atoms with van der Waals surface area (Å²) in [5.41, 5.74) is 0. The Bertz CT molecular complexity index is 336. The zero-order valence-electron chi connectivity index (χ0n) is 7.24. The molecule has 1 atom stereocenters. The molecule has 14 heavy (non-hydrogen) atoms. The number of rotatable bonds is 2. The van der Waals surface area contributed by atoms with Crippen molar-refractivity contribution >= 4 is 15.8 Å². The lowest BCUT2D eigenvalue weighted by Crippen LogP contribution is -2.42. The molecule has 0 bridgehead atoms. The molecule has 4 nitrogen and oxygen atoms in total. The summed E-state index contributed by atoms with van der Waals surface area (Å²) in [6, 6.07) is 0. The van der Waals surface area contributed by atoms with E-state index < -0.39 is 52.0 Å². The Labute approximate surface area is 79.8 Å². The van der Waals surface area contributed by atoms with Crippen molar-refractivity contribution < 1.29 is 27.1 Å². The molecule has 1 fully saturated rings. The monoisotopic (exact) mass is 228 g/mol. The van der Waals surface area contributed by atoms with Gasteiger partial charge in [-0.05, 0) is 0 Å². The van der Waals surface area contributed by atoms with Gasteiger partial charge in [0.2, 0.25) is 0 Å². The van der Waals surface area contributed by atoms with E-state index in [4.69, 9.17) is 5.11 Å². The smallest absolute Gasteiger partial charge is 0.303 e. The number of carboxylic acids is 1. The van der Waals surface area contributed by atoms with Crippen molar-refractivity contribution in [2.45, 2.75) is 18.8 Å². The van der Waals surface area contributed by atoms with E-state index in [2.05, 4.69) is 0 Å². The average molecular weight is 228 g/mol. The summed E-state index contributed by atoms with van der Waals surface area (Å²) in [4.78, 5) is 10.2. The van der Waals surface area contributed by atoms with Crippen molar-refractivity contribution in [3.63, 3.8) is 0 Å². The fourth-order valence-corrected chi connectivity index (χ4v) is 3.15. The van der Waals surface area contributed by atoms with E-state index in [9.17, 15) is 22.0 Å². The molecule has 1 aliphatic heterocycles. The molecule has 0 aliphatic carbocycles. The van der Waals surface area contributed by atoms with Crippen LogP contribution in [0.3, 0.4) is 0 Å². The van der Waals surface area contributed by atoms with Crippen molar-refractivity contribution in [2.75, 3.05) is 11.5 Å². The fourth-order valence-electron chi connectivity index (χ4n) is 1.43. The number of sulfone groups is 1. The zero-order chi connectivity index (χ0) is 11.0. The van der Waals surface area contributed by atoms with Crippen molar-refractivity contribution in [1.29, 1.82) is 0 Å². The van der Waals surface area contributed by atoms with Crippen LogP contribution in [0.15, 0.2) is 0 Å². The van der Waals surface area contributed by atoms with Crippen LogP contribution < -0.4 is 0 Å². The van der Waals surface area contributed by atoms with E-state index in [0.717, 1.165) is 0 Å². The Balaban J connectivity index is 2.82. The van der Waals surface area contributed by atoms with Gasteiger partial charge in [0.25, 0.3) is 5.92 Å². The molecule has 1 unspecified atom stereocenters. The number of carboxylic acid groups (broad SMARTS) is 1. The highest BCUT2D eigenvalue weighted by atomic mass is 32.2. The first kappa shape index (κ1) is 11.4. The summed E-state index contributed by atoms with van der Waals surface area (Å²) < 4.78 is 48.1. The molecule has 0 aromatic rings. The molecule has 1 rings (SSSR count). The van der Waals surface area contributed by atoms with E-state index in [1.165, 1.54) is 0 Å². The third-order valence-corrected chi connectivity index (χ3v) is 3.96. The summed E-state index contributed by atoms with van der Waals surface area (Å²) in [7, 11) is -3.49. The molecule has 82 valence electrons. The molecule has 0 aromatic carbocycles. The molecular formula is C7H10F2O4S. The summed E-state index contributed by atoms with van der Waals surface area (Å²) in [6.45, 7) is 0. The third kappa shape index (κ3) is 2.63. The topological polar surface area (TPSA) is 71.4 Å². The van der Waals surface area contributed by atoms with Crippen LogP contribution in [0.1, 0.15) is 12.8 Å². The summed E-state index contributed by atoms with van der Waals surface area (Å²) >= 11 is 0. The number of hydrogen-bond acceptors (Lipinski definition) is 3. The van der Waals surface area contributed by atoms with Crippen LogP contribution >= 0.6 is 0 Å². The maximum absolute atomic E-state index is 13.0. The molecule has 1 heterocycles. The van der Waals surface area contributed by atoms with Crippen molar-refractivity contribution in [1.82, 2.24) is 0 Å². The fraction of sp³-hybridized carbons (Fsp3) is 0.857. The third-order valence-electron chi connectivity index (χ3n) is 2.22. The highest BCUT2D eigenvalue weighted by Gasteiger charge is 2.47. The van der Waals surface area contributed by atoms with E-state index >= 15 is 0 Å². The largest absolute Gasteiger partial charge is 0.481 e. The van der Waals surface area contributed by atoms with Crippen LogP contribution in [-0.4, -0.2) is 36.9 Å². The minimum Gasteiger partial charge on any atom is -0.481 e. The Morgan fingerprint density at radius 3 is 2.57 bits per heavy atom. The SMILES string of the molecule is O=C(O)CC1CS(=O)(=O)CCC1(F)F. The van der Waals surface area contributed by atoms with Gasteiger partial charge in [-0.2, -0.15) is 0 Å². The molecule has 1 saturated heterocycles. The van der Waals surface area contributed by atoms with Crippen molar-refractivity contribution in [3.05, 3.63) is 0 Å². The average Bonchev–Trinajstić information content (AvgIpc) is 1.97. The van der Waals surface area contributed by atoms with Gasteiger partial charge in [-0.25, -0.2) is 17.2 Å². The second-order valence-corrected chi connectivity index (χ2v) is 5.65. The summed E-state index contributed by atoms with van der Waals surface area (Å²) in [5.74, 6) is -7.45. The van der Waals surface area contributed by atoms with Gasteiger partial charge in [-0.1, -0.05) is 0 Å². The molecule has 0 spiro atoms. The van der Waals surface area contributed by atoms with Gasteiger partial charge in [-0.3, -0.25) is 4.79 Å². The summed E-state index contributed by atoms with van der Waals surface area (Å²) in [5, 5.41) is 8.34. The first-order chi connectivity index (χ1) is 6.23. The Morgan fingerprint density at radius 1 is 1.50 bits per heavy atom. The highest BCUT2D eigenvalue weighted by molar-refractivity contribution is 7.91. The van der Waals surface area contributed by atoms with E-state index in [1.54, 1.807) is 0 Å². The maximum Gasteiger partial charge on any atom is 0.303 e. The van der Waals surface area contributed by atoms with Gasteiger partial charge in [-0.15, -0.1) is 0 Å². The van der Waals surface area contributed by atoms with Crippen LogP contribution in [0.2, 0.25) is 0 Å². The number of halogens is 2. The standard InChI is InChI=1S/C7H10F2O4S/c8-7(9)1-2-14(12,13)4-5(7)3-6(10)11/h5H,1-4H2,(H,10,11). The Morgan fingerprint density at radius 2 is 2.07 bits per heavy atom. The molecule has 1 N–H and O–H groups in total. The van der Waals surface area contributed by atoms with Gasteiger partial charge >= 0.3 is 5.97 Å². The van der Waals surface area contributed by atoms with Crippen LogP contribution in [0.5, 0.6) is 0 Å². The molecule has 0 amide bonds. The lowest BCUT2D eigenvalue weighted by molar-refractivity contribution is -0.142. The van der Waals surface area contributed by atoms with Gasteiger partial charge in [0.15, 0.2) is 9.84 Å². The van der Waals surface area contributed by atoms with E-state index in [0.29, 0.717) is 0 Å². The maximum atomic E-state index is 13.0. The highest BCUT2D eigenvalue weighted by Crippen LogP contribution is 2.36. The van der Waals surface area contributed by atoms with Crippen LogP contribution in [0.25, 0.3) is 0 Å². The zero-order valence-corrected chi connectivity index (χ0v) is 8.06. The lowest BCUT2D eigenvalue weighted by atomic mass is 9.97. The van der Waals surface area contributed by atoms with Gasteiger partial charge in [0, 0.05) is 12.3 Å². The summed E-state index contributed by atoms with van der Waals surface area (Å²) in [6.07, 6.45) is -1.57. The first-order valence-corrected chi connectivity index (χ1v) is 5.85. The molecule has 0 saturated carbocycles. The van der Waals surface area contributed by atoms with Crippen LogP contribution in [0.4, 0.5) is 8.78 Å². The van der Waals surface area contributed by atoms with Gasteiger partial charge < -0.3 is 5.11 Å². The van der Waals surface area contributed by atoms with E-state index in [1.807, 2.05) is 0 Å². The second-order valence-electron chi connectivity index (χ2n) is 3.42. The van der Waals surface area contributed by atoms with Crippen LogP contribution in [0, 0.1) is 5.92 Å². The lowest BCUT2D eigenvalue weighted by Gasteiger charge is -2.29. The molecular weight excluding hydrogens is 218 g/mol. The number of carbonyl (C=O) groups is 1. The van der Waals surface area contributed by atoms with Crippen LogP contribution in [-0.2, 0) is 14.6 Å². The normalized spacial score (nSPS) is 29.7. The molecule has 7 heteroatoms. The Kier molecular flexibility index (Phi) is 2.80. The molecule has 0 aromatic heterocycles. The van der Waals surface area contributed by atoms with Gasteiger partial charge in [0.1, 0.15) is 0 Å². The van der Waals surface area contributed by atoms with Gasteiger partial charge in [0.05, 0.1) is 17.9 Å². The minimum absolute atomic E-state index is 0.559. The number of aliphatic carboxylic acids is 1. The van der Waals surface area contributed by atoms with Crippen molar-refractivity contribution in [2.24, 2.45) is 5.92 Å². The first-order valence-electron chi connectivity index (χ1n) is 4.03. The van der Waals surface area contributed by atoms with Crippen molar-refractivity contribution in [3.8, 4) is 0 Å². The second kappa shape index (κ2) is 3.45. The molecule has 1 aliphatic rings. The number of alkyl halides is 2. The van der Waals surface area contributed by atoms with E-state index in [-0.39, 0.29) is 0 Å². The molecule has 0 radical (unpaired) electrons. The minimum atomic E-state index is -3.49. The predicted octanol–water partition coefficient (Wildman–Crippen LogP) is 0.531. The number of hydrogen-bond donors (Lipinski definition) is 1.